The first-order valence-corrected chi connectivity index (χ1v) is 7.60. The van der Waals surface area contributed by atoms with E-state index in [-0.39, 0.29) is 22.2 Å². The number of carbonyl (C=O) groups is 1. The molecule has 1 aromatic rings. The molecule has 0 amide bonds. The number of hydrogen-bond acceptors (Lipinski definition) is 5. The van der Waals surface area contributed by atoms with Crippen molar-refractivity contribution in [1.82, 2.24) is 4.72 Å². The van der Waals surface area contributed by atoms with Crippen LogP contribution >= 0.6 is 11.3 Å². The standard InChI is InChI=1S/C10H15NO5S2/c1-6(2)7(12)5-11-18(15,16)8-3-4-17-9(8)10(13)14/h3-4,6-7,11-12H,5H2,1-2H3,(H,13,14). The number of thiophene rings is 1. The second-order valence-corrected chi connectivity index (χ2v) is 6.73. The lowest BCUT2D eigenvalue weighted by molar-refractivity contribution is 0.0698. The van der Waals surface area contributed by atoms with E-state index in [1.54, 1.807) is 13.8 Å². The zero-order valence-corrected chi connectivity index (χ0v) is 11.6. The fourth-order valence-corrected chi connectivity index (χ4v) is 3.48. The molecule has 0 aliphatic carbocycles. The molecule has 0 saturated carbocycles. The lowest BCUT2D eigenvalue weighted by Crippen LogP contribution is -2.35. The normalized spacial score (nSPS) is 13.8. The molecule has 6 nitrogen and oxygen atoms in total. The number of nitrogens with one attached hydrogen (secondary N) is 1. The summed E-state index contributed by atoms with van der Waals surface area (Å²) in [5, 5.41) is 19.8. The second kappa shape index (κ2) is 5.79. The minimum absolute atomic E-state index is 0.0888. The molecule has 0 radical (unpaired) electrons. The van der Waals surface area contributed by atoms with Crippen molar-refractivity contribution in [3.05, 3.63) is 16.3 Å². The van der Waals surface area contributed by atoms with Crippen LogP contribution in [0.1, 0.15) is 23.5 Å². The highest BCUT2D eigenvalue weighted by Gasteiger charge is 2.24. The molecule has 3 N–H and O–H groups in total. The van der Waals surface area contributed by atoms with Gasteiger partial charge in [-0.15, -0.1) is 11.3 Å². The van der Waals surface area contributed by atoms with E-state index in [9.17, 15) is 18.3 Å². The van der Waals surface area contributed by atoms with E-state index in [1.165, 1.54) is 11.4 Å². The quantitative estimate of drug-likeness (QED) is 0.717. The van der Waals surface area contributed by atoms with Crippen molar-refractivity contribution in [2.75, 3.05) is 6.54 Å². The van der Waals surface area contributed by atoms with Gasteiger partial charge in [-0.2, -0.15) is 0 Å². The zero-order valence-electron chi connectivity index (χ0n) is 9.95. The predicted octanol–water partition coefficient (Wildman–Crippen LogP) is 0.742. The van der Waals surface area contributed by atoms with Crippen LogP contribution in [0.25, 0.3) is 0 Å². The maximum absolute atomic E-state index is 11.9. The molecule has 1 heterocycles. The highest BCUT2D eigenvalue weighted by atomic mass is 32.2. The van der Waals surface area contributed by atoms with Crippen molar-refractivity contribution < 1.29 is 23.4 Å². The smallest absolute Gasteiger partial charge is 0.347 e. The Morgan fingerprint density at radius 3 is 2.61 bits per heavy atom. The van der Waals surface area contributed by atoms with Crippen LogP contribution < -0.4 is 4.72 Å². The lowest BCUT2D eigenvalue weighted by atomic mass is 10.1. The summed E-state index contributed by atoms with van der Waals surface area (Å²) in [5.41, 5.74) is 0. The van der Waals surface area contributed by atoms with Gasteiger partial charge in [-0.3, -0.25) is 0 Å². The van der Waals surface area contributed by atoms with Crippen LogP contribution in [-0.2, 0) is 10.0 Å². The first-order chi connectivity index (χ1) is 8.25. The number of sulfonamides is 1. The maximum atomic E-state index is 11.9. The molecule has 0 aliphatic rings. The minimum Gasteiger partial charge on any atom is -0.477 e. The summed E-state index contributed by atoms with van der Waals surface area (Å²) < 4.78 is 25.9. The molecule has 102 valence electrons. The van der Waals surface area contributed by atoms with Gasteiger partial charge in [0, 0.05) is 6.54 Å². The van der Waals surface area contributed by atoms with Gasteiger partial charge in [0.1, 0.15) is 9.77 Å². The largest absolute Gasteiger partial charge is 0.477 e. The average molecular weight is 293 g/mol. The molecule has 0 bridgehead atoms. The Balaban J connectivity index is 2.87. The average Bonchev–Trinajstić information content (AvgIpc) is 2.75. The summed E-state index contributed by atoms with van der Waals surface area (Å²) in [6, 6.07) is 1.23. The number of hydrogen-bond donors (Lipinski definition) is 3. The van der Waals surface area contributed by atoms with Gasteiger partial charge in [-0.05, 0) is 17.4 Å². The van der Waals surface area contributed by atoms with Gasteiger partial charge in [0.15, 0.2) is 0 Å². The van der Waals surface area contributed by atoms with Gasteiger partial charge >= 0.3 is 5.97 Å². The molecule has 0 spiro atoms. The molecule has 1 rings (SSSR count). The molecular weight excluding hydrogens is 278 g/mol. The van der Waals surface area contributed by atoms with Crippen molar-refractivity contribution in [1.29, 1.82) is 0 Å². The Kier molecular flexibility index (Phi) is 4.85. The van der Waals surface area contributed by atoms with Gasteiger partial charge < -0.3 is 10.2 Å². The summed E-state index contributed by atoms with van der Waals surface area (Å²) in [6.07, 6.45) is -0.813. The first kappa shape index (κ1) is 15.1. The SMILES string of the molecule is CC(C)C(O)CNS(=O)(=O)c1ccsc1C(=O)O. The van der Waals surface area contributed by atoms with Gasteiger partial charge in [0.2, 0.25) is 10.0 Å². The van der Waals surface area contributed by atoms with Crippen LogP contribution in [-0.4, -0.2) is 37.2 Å². The molecule has 0 aliphatic heterocycles. The molecule has 1 aromatic heterocycles. The highest BCUT2D eigenvalue weighted by molar-refractivity contribution is 7.89. The number of aliphatic hydroxyl groups is 1. The molecule has 1 atom stereocenters. The number of rotatable bonds is 6. The second-order valence-electron chi connectivity index (χ2n) is 4.08. The van der Waals surface area contributed by atoms with Gasteiger partial charge in [-0.1, -0.05) is 13.8 Å². The molecule has 8 heteroatoms. The topological polar surface area (TPSA) is 104 Å². The van der Waals surface area contributed by atoms with E-state index in [0.717, 1.165) is 11.3 Å². The molecule has 0 aromatic carbocycles. The predicted molar refractivity (Wildman–Crippen MR) is 67.3 cm³/mol. The van der Waals surface area contributed by atoms with E-state index in [2.05, 4.69) is 4.72 Å². The van der Waals surface area contributed by atoms with Crippen LogP contribution in [0.4, 0.5) is 0 Å². The van der Waals surface area contributed by atoms with Crippen molar-refractivity contribution in [2.24, 2.45) is 5.92 Å². The number of carboxylic acids is 1. The number of aliphatic hydroxyl groups excluding tert-OH is 1. The van der Waals surface area contributed by atoms with Crippen molar-refractivity contribution in [3.63, 3.8) is 0 Å². The first-order valence-electron chi connectivity index (χ1n) is 5.24. The third kappa shape index (κ3) is 3.52. The number of aromatic carboxylic acids is 1. The summed E-state index contributed by atoms with van der Waals surface area (Å²) in [5.74, 6) is -1.37. The zero-order chi connectivity index (χ0) is 13.9. The Morgan fingerprint density at radius 1 is 1.50 bits per heavy atom. The highest BCUT2D eigenvalue weighted by Crippen LogP contribution is 2.21. The summed E-state index contributed by atoms with van der Waals surface area (Å²) in [4.78, 5) is 10.3. The van der Waals surface area contributed by atoms with E-state index < -0.39 is 22.1 Å². The third-order valence-electron chi connectivity index (χ3n) is 2.36. The Morgan fingerprint density at radius 2 is 2.11 bits per heavy atom. The van der Waals surface area contributed by atoms with Crippen molar-refractivity contribution in [2.45, 2.75) is 24.8 Å². The van der Waals surface area contributed by atoms with Gasteiger partial charge in [-0.25, -0.2) is 17.9 Å². The van der Waals surface area contributed by atoms with Crippen molar-refractivity contribution in [3.8, 4) is 0 Å². The van der Waals surface area contributed by atoms with E-state index in [4.69, 9.17) is 5.11 Å². The summed E-state index contributed by atoms with van der Waals surface area (Å²) >= 11 is 0.844. The van der Waals surface area contributed by atoms with Gasteiger partial charge in [0.05, 0.1) is 6.10 Å². The molecule has 0 fully saturated rings. The lowest BCUT2D eigenvalue weighted by Gasteiger charge is -2.15. The van der Waals surface area contributed by atoms with Crippen LogP contribution in [0.3, 0.4) is 0 Å². The van der Waals surface area contributed by atoms with Crippen LogP contribution in [0.2, 0.25) is 0 Å². The minimum atomic E-state index is -3.90. The fraction of sp³-hybridized carbons (Fsp3) is 0.500. The van der Waals surface area contributed by atoms with Crippen LogP contribution in [0.15, 0.2) is 16.3 Å². The van der Waals surface area contributed by atoms with Crippen LogP contribution in [0.5, 0.6) is 0 Å². The van der Waals surface area contributed by atoms with E-state index >= 15 is 0 Å². The fourth-order valence-electron chi connectivity index (χ4n) is 1.17. The Bertz CT molecular complexity index is 520. The maximum Gasteiger partial charge on any atom is 0.347 e. The van der Waals surface area contributed by atoms with Crippen LogP contribution in [0, 0.1) is 5.92 Å². The van der Waals surface area contributed by atoms with E-state index in [0.29, 0.717) is 0 Å². The molecule has 1 unspecified atom stereocenters. The molecular formula is C10H15NO5S2. The molecule has 0 saturated heterocycles. The third-order valence-corrected chi connectivity index (χ3v) is 4.86. The Labute approximate surface area is 109 Å². The summed E-state index contributed by atoms with van der Waals surface area (Å²) in [7, 11) is -3.90. The number of carboxylic acid groups (broad SMARTS) is 1. The van der Waals surface area contributed by atoms with Crippen molar-refractivity contribution >= 4 is 27.3 Å². The summed E-state index contributed by atoms with van der Waals surface area (Å²) in [6.45, 7) is 3.37. The molecule has 18 heavy (non-hydrogen) atoms. The van der Waals surface area contributed by atoms with Gasteiger partial charge in [0.25, 0.3) is 0 Å². The Hall–Kier alpha value is -0.960. The monoisotopic (exact) mass is 293 g/mol. The van der Waals surface area contributed by atoms with E-state index in [1.807, 2.05) is 0 Å².